The Morgan fingerprint density at radius 2 is 0.488 bits per heavy atom. The Hall–Kier alpha value is 0.0600. The van der Waals surface area contributed by atoms with Gasteiger partial charge in [0.2, 0.25) is 0 Å². The zero-order valence-corrected chi connectivity index (χ0v) is 61.6. The summed E-state index contributed by atoms with van der Waals surface area (Å²) in [6.07, 6.45) is 45.0. The van der Waals surface area contributed by atoms with Crippen LogP contribution in [0.1, 0.15) is 336 Å². The molecule has 0 aliphatic rings. The number of rotatable bonds is 66. The topological polar surface area (TPSA) is 243 Å². The van der Waals surface area contributed by atoms with Gasteiger partial charge in [0, 0.05) is 25.7 Å². The summed E-state index contributed by atoms with van der Waals surface area (Å²) in [6, 6.07) is 0. The third kappa shape index (κ3) is 65.5. The average molecular weight is 1290 g/mol. The average Bonchev–Trinajstić information content (AvgIpc) is 3.69. The van der Waals surface area contributed by atoms with Crippen molar-refractivity contribution >= 4 is 39.5 Å². The Morgan fingerprint density at radius 3 is 0.709 bits per heavy atom. The summed E-state index contributed by atoms with van der Waals surface area (Å²) in [4.78, 5) is 76.8. The number of unbranched alkanes of at least 4 members (excludes halogenated alkanes) is 40. The molecule has 4 atom stereocenters. The van der Waals surface area contributed by atoms with Crippen molar-refractivity contribution in [3.05, 3.63) is 0 Å². The van der Waals surface area contributed by atoms with Gasteiger partial charge in [0.25, 0.3) is 15.6 Å². The van der Waals surface area contributed by atoms with E-state index in [1.807, 2.05) is 0 Å². The second kappa shape index (κ2) is 66.5. The Kier molecular flexibility index (Phi) is 69.8. The zero-order valence-electron chi connectivity index (χ0n) is 55.8. The standard InChI is InChI=1S/C65H126O17P2.2Na/c1-5-9-13-17-21-25-29-33-37-41-45-49-62(67)75-55-60(81-64(69)51-47-43-39-35-31-27-23-19-15-11-7-3)57-79-83(71,72)77-53-59(66)54-78-84(73,74)80-58-61(82-65(70)52-48-44-40-36-32-28-24-20-16-12-8-4)56-76-63(68)50-46-42-38-34-30-26-22-18-14-10-6-2;;/h59-61,66H,5-58H2,1-4H3,(H,71,72)(H,73,74);;/q;2*+1/p-2/t60-,61-;;/m1../s1. The normalized spacial score (nSPS) is 13.8. The molecule has 0 bridgehead atoms. The smallest absolute Gasteiger partial charge is 0.756 e. The van der Waals surface area contributed by atoms with Crippen molar-refractivity contribution in [2.24, 2.45) is 0 Å². The van der Waals surface area contributed by atoms with E-state index in [2.05, 4.69) is 27.7 Å². The van der Waals surface area contributed by atoms with Gasteiger partial charge in [-0.05, 0) is 25.7 Å². The molecule has 0 radical (unpaired) electrons. The molecule has 0 aromatic carbocycles. The fourth-order valence-electron chi connectivity index (χ4n) is 9.80. The summed E-state index contributed by atoms with van der Waals surface area (Å²) in [5, 5.41) is 10.5. The maximum Gasteiger partial charge on any atom is 1.00 e. The van der Waals surface area contributed by atoms with E-state index in [-0.39, 0.29) is 84.8 Å². The third-order valence-corrected chi connectivity index (χ3v) is 16.9. The summed E-state index contributed by atoms with van der Waals surface area (Å²) in [5.74, 6) is -2.22. The van der Waals surface area contributed by atoms with Crippen LogP contribution < -0.4 is 68.9 Å². The van der Waals surface area contributed by atoms with Gasteiger partial charge in [0.15, 0.2) is 12.2 Å². The van der Waals surface area contributed by atoms with Crippen LogP contribution in [0.5, 0.6) is 0 Å². The third-order valence-electron chi connectivity index (χ3n) is 15.1. The van der Waals surface area contributed by atoms with Gasteiger partial charge in [-0.2, -0.15) is 0 Å². The van der Waals surface area contributed by atoms with Crippen LogP contribution in [-0.4, -0.2) is 86.9 Å². The van der Waals surface area contributed by atoms with E-state index in [1.165, 1.54) is 167 Å². The number of hydrogen-bond acceptors (Lipinski definition) is 17. The molecule has 0 heterocycles. The van der Waals surface area contributed by atoms with E-state index in [0.717, 1.165) is 89.9 Å². The maximum absolute atomic E-state index is 12.9. The minimum absolute atomic E-state index is 0. The van der Waals surface area contributed by atoms with E-state index in [9.17, 15) is 43.2 Å². The van der Waals surface area contributed by atoms with Crippen LogP contribution in [0.3, 0.4) is 0 Å². The molecule has 2 unspecified atom stereocenters. The monoisotopic (exact) mass is 1280 g/mol. The molecule has 0 saturated heterocycles. The molecule has 0 rings (SSSR count). The first-order valence-electron chi connectivity index (χ1n) is 34.2. The summed E-state index contributed by atoms with van der Waals surface area (Å²) in [7, 11) is -10.4. The van der Waals surface area contributed by atoms with Crippen molar-refractivity contribution in [3.8, 4) is 0 Å². The predicted molar refractivity (Wildman–Crippen MR) is 331 cm³/mol. The van der Waals surface area contributed by atoms with Crippen LogP contribution in [0.2, 0.25) is 0 Å². The van der Waals surface area contributed by atoms with Crippen LogP contribution in [0, 0.1) is 0 Å². The number of phosphoric acid groups is 2. The van der Waals surface area contributed by atoms with E-state index in [0.29, 0.717) is 25.7 Å². The van der Waals surface area contributed by atoms with Crippen molar-refractivity contribution in [1.82, 2.24) is 0 Å². The molecule has 21 heteroatoms. The van der Waals surface area contributed by atoms with Gasteiger partial charge < -0.3 is 51.9 Å². The van der Waals surface area contributed by atoms with Gasteiger partial charge in [-0.3, -0.25) is 28.3 Å². The molecule has 0 aliphatic heterocycles. The van der Waals surface area contributed by atoms with Crippen molar-refractivity contribution in [1.29, 1.82) is 0 Å². The number of carbonyl (C=O) groups is 4. The Bertz CT molecular complexity index is 1520. The number of hydrogen-bond donors (Lipinski definition) is 1. The van der Waals surface area contributed by atoms with Crippen molar-refractivity contribution < 1.29 is 139 Å². The minimum Gasteiger partial charge on any atom is -0.756 e. The van der Waals surface area contributed by atoms with Crippen LogP contribution in [0.25, 0.3) is 0 Å². The molecule has 0 spiro atoms. The molecule has 17 nitrogen and oxygen atoms in total. The zero-order chi connectivity index (χ0) is 61.9. The Balaban J connectivity index is -0.0000344. The molecule has 1 N–H and O–H groups in total. The molecule has 498 valence electrons. The second-order valence-corrected chi connectivity index (χ2v) is 26.3. The molecule has 0 aliphatic carbocycles. The van der Waals surface area contributed by atoms with E-state index >= 15 is 0 Å². The van der Waals surface area contributed by atoms with Gasteiger partial charge in [0.1, 0.15) is 19.3 Å². The predicted octanol–water partition coefficient (Wildman–Crippen LogP) is 11.1. The fraction of sp³-hybridized carbons (Fsp3) is 0.938. The van der Waals surface area contributed by atoms with E-state index in [1.54, 1.807) is 0 Å². The number of ether oxygens (including phenoxy) is 4. The van der Waals surface area contributed by atoms with Crippen molar-refractivity contribution in [2.45, 2.75) is 354 Å². The molecule has 0 fully saturated rings. The Morgan fingerprint density at radius 1 is 0.302 bits per heavy atom. The molecular formula is C65H124Na2O17P2. The first kappa shape index (κ1) is 90.3. The van der Waals surface area contributed by atoms with Gasteiger partial charge in [-0.15, -0.1) is 0 Å². The quantitative estimate of drug-likeness (QED) is 0.0196. The molecule has 0 aromatic heterocycles. The first-order valence-corrected chi connectivity index (χ1v) is 37.2. The fourth-order valence-corrected chi connectivity index (χ4v) is 11.4. The second-order valence-electron chi connectivity index (χ2n) is 23.5. The molecule has 0 amide bonds. The Labute approximate surface area is 568 Å². The van der Waals surface area contributed by atoms with Gasteiger partial charge in [-0.1, -0.05) is 285 Å². The number of phosphoric ester groups is 2. The van der Waals surface area contributed by atoms with Gasteiger partial charge in [-0.25, -0.2) is 0 Å². The van der Waals surface area contributed by atoms with Crippen LogP contribution in [-0.2, 0) is 65.4 Å². The molecule has 0 saturated carbocycles. The molecule has 86 heavy (non-hydrogen) atoms. The van der Waals surface area contributed by atoms with Gasteiger partial charge >= 0.3 is 83.0 Å². The van der Waals surface area contributed by atoms with E-state index < -0.39 is 97.5 Å². The maximum atomic E-state index is 12.9. The number of carbonyl (C=O) groups excluding carboxylic acids is 4. The number of esters is 4. The molecule has 0 aromatic rings. The summed E-state index contributed by atoms with van der Waals surface area (Å²) in [6.45, 7) is 4.49. The van der Waals surface area contributed by atoms with Crippen LogP contribution in [0.15, 0.2) is 0 Å². The van der Waals surface area contributed by atoms with Crippen molar-refractivity contribution in [3.63, 3.8) is 0 Å². The molecular weight excluding hydrogens is 1160 g/mol. The minimum atomic E-state index is -5.21. The largest absolute Gasteiger partial charge is 1.00 e. The summed E-state index contributed by atoms with van der Waals surface area (Å²) in [5.41, 5.74) is 0. The van der Waals surface area contributed by atoms with Gasteiger partial charge in [0.05, 0.1) is 26.4 Å². The number of aliphatic hydroxyl groups excluding tert-OH is 1. The number of aliphatic hydroxyl groups is 1. The summed E-state index contributed by atoms with van der Waals surface area (Å²) >= 11 is 0. The van der Waals surface area contributed by atoms with Crippen LogP contribution in [0.4, 0.5) is 0 Å². The first-order chi connectivity index (χ1) is 40.7. The SMILES string of the molecule is CCCCCCCCCCCCCC(=O)OC[C@H](COP(=O)([O-])OCC(O)COP(=O)([O-])OC[C@@H](COC(=O)CCCCCCCCCCCCC)OC(=O)CCCCCCCCCCCCC)OC(=O)CCCCCCCCCCCCC.[Na+].[Na+]. The van der Waals surface area contributed by atoms with E-state index in [4.69, 9.17) is 37.0 Å². The van der Waals surface area contributed by atoms with Crippen molar-refractivity contribution in [2.75, 3.05) is 39.6 Å². The van der Waals surface area contributed by atoms with Crippen LogP contribution >= 0.6 is 15.6 Å². The summed E-state index contributed by atoms with van der Waals surface area (Å²) < 4.78 is 67.2.